The molecule has 176 valence electrons. The molecule has 4 aliphatic carbocycles. The molecule has 6 heteroatoms. The van der Waals surface area contributed by atoms with Crippen molar-refractivity contribution in [2.45, 2.75) is 90.4 Å². The van der Waals surface area contributed by atoms with Crippen molar-refractivity contribution < 1.29 is 29.6 Å². The van der Waals surface area contributed by atoms with Gasteiger partial charge in [0.2, 0.25) is 0 Å². The fraction of sp³-hybridized carbons (Fsp3) is 0.920. The normalized spacial score (nSPS) is 50.2. The molecule has 0 heterocycles. The minimum absolute atomic E-state index is 0.00616. The lowest BCUT2D eigenvalue weighted by molar-refractivity contribution is -0.205. The van der Waals surface area contributed by atoms with E-state index in [1.165, 1.54) is 7.11 Å². The number of ether oxygens (including phenoxy) is 1. The minimum Gasteiger partial charge on any atom is -0.469 e. The summed E-state index contributed by atoms with van der Waals surface area (Å²) in [4.78, 5) is 24.8. The SMILES string of the molecule is COC(=O)CC[C@@H](C)[C@H]1CC[C@H]2[C@@H]3[C@H](O)C[C@@H]4C[C@H](O)CC(=O)[C@]4(C)[C@H]3C[C@H](O)[C@]12C. The van der Waals surface area contributed by atoms with Gasteiger partial charge in [0.15, 0.2) is 0 Å². The molecule has 0 aromatic carbocycles. The summed E-state index contributed by atoms with van der Waals surface area (Å²) in [5.41, 5.74) is -0.891. The quantitative estimate of drug-likeness (QED) is 0.586. The van der Waals surface area contributed by atoms with Crippen molar-refractivity contribution in [2.24, 2.45) is 46.3 Å². The predicted molar refractivity (Wildman–Crippen MR) is 115 cm³/mol. The third kappa shape index (κ3) is 3.39. The zero-order valence-electron chi connectivity index (χ0n) is 19.4. The Kier molecular flexibility index (Phi) is 6.06. The van der Waals surface area contributed by atoms with Gasteiger partial charge in [-0.15, -0.1) is 0 Å². The van der Waals surface area contributed by atoms with Crippen molar-refractivity contribution >= 4 is 11.8 Å². The maximum absolute atomic E-state index is 13.2. The van der Waals surface area contributed by atoms with Crippen LogP contribution in [0.15, 0.2) is 0 Å². The Morgan fingerprint density at radius 2 is 1.84 bits per heavy atom. The number of Topliss-reactive ketones (excluding diaryl/α,β-unsaturated/α-hetero) is 1. The van der Waals surface area contributed by atoms with Gasteiger partial charge in [0.25, 0.3) is 0 Å². The number of hydrogen-bond acceptors (Lipinski definition) is 6. The molecule has 0 bridgehead atoms. The molecule has 0 aromatic rings. The highest BCUT2D eigenvalue weighted by Crippen LogP contribution is 2.67. The smallest absolute Gasteiger partial charge is 0.305 e. The molecule has 31 heavy (non-hydrogen) atoms. The van der Waals surface area contributed by atoms with Gasteiger partial charge >= 0.3 is 5.97 Å². The second kappa shape index (κ2) is 8.11. The summed E-state index contributed by atoms with van der Waals surface area (Å²) in [6.45, 7) is 6.38. The van der Waals surface area contributed by atoms with Gasteiger partial charge in [-0.25, -0.2) is 0 Å². The molecule has 0 amide bonds. The number of fused-ring (bicyclic) bond motifs is 5. The van der Waals surface area contributed by atoms with Gasteiger partial charge < -0.3 is 20.1 Å². The zero-order valence-corrected chi connectivity index (χ0v) is 19.4. The van der Waals surface area contributed by atoms with Gasteiger partial charge in [0, 0.05) is 18.3 Å². The molecule has 0 aromatic heterocycles. The van der Waals surface area contributed by atoms with Gasteiger partial charge in [0.05, 0.1) is 25.4 Å². The van der Waals surface area contributed by atoms with E-state index in [0.29, 0.717) is 25.7 Å². The van der Waals surface area contributed by atoms with E-state index in [9.17, 15) is 24.9 Å². The number of rotatable bonds is 4. The van der Waals surface area contributed by atoms with E-state index in [1.807, 2.05) is 6.92 Å². The van der Waals surface area contributed by atoms with E-state index >= 15 is 0 Å². The van der Waals surface area contributed by atoms with Crippen molar-refractivity contribution in [3.63, 3.8) is 0 Å². The number of carbonyl (C=O) groups excluding carboxylic acids is 2. The molecule has 6 nitrogen and oxygen atoms in total. The Bertz CT molecular complexity index is 723. The molecule has 0 radical (unpaired) electrons. The van der Waals surface area contributed by atoms with E-state index in [0.717, 1.165) is 19.3 Å². The average Bonchev–Trinajstić information content (AvgIpc) is 3.07. The predicted octanol–water partition coefficient (Wildman–Crippen LogP) is 2.72. The number of carbonyl (C=O) groups is 2. The zero-order chi connectivity index (χ0) is 22.7. The van der Waals surface area contributed by atoms with Crippen molar-refractivity contribution in [2.75, 3.05) is 7.11 Å². The Labute approximate surface area is 185 Å². The number of ketones is 1. The Hall–Kier alpha value is -0.980. The summed E-state index contributed by atoms with van der Waals surface area (Å²) in [5, 5.41) is 33.0. The monoisotopic (exact) mass is 436 g/mol. The fourth-order valence-corrected chi connectivity index (χ4v) is 8.63. The van der Waals surface area contributed by atoms with Crippen LogP contribution in [0.4, 0.5) is 0 Å². The van der Waals surface area contributed by atoms with Crippen LogP contribution in [-0.4, -0.2) is 52.5 Å². The number of aliphatic hydroxyl groups is 3. The van der Waals surface area contributed by atoms with Crippen LogP contribution >= 0.6 is 0 Å². The Balaban J connectivity index is 1.61. The molecule has 4 rings (SSSR count). The molecule has 3 N–H and O–H groups in total. The van der Waals surface area contributed by atoms with Crippen LogP contribution in [0.2, 0.25) is 0 Å². The summed E-state index contributed by atoms with van der Waals surface area (Å²) in [6.07, 6.45) is 3.24. The first-order chi connectivity index (χ1) is 14.5. The molecule has 0 aliphatic heterocycles. The lowest BCUT2D eigenvalue weighted by Gasteiger charge is -2.62. The molecule has 11 atom stereocenters. The van der Waals surface area contributed by atoms with Crippen LogP contribution < -0.4 is 0 Å². The molecular weight excluding hydrogens is 396 g/mol. The Morgan fingerprint density at radius 1 is 1.13 bits per heavy atom. The summed E-state index contributed by atoms with van der Waals surface area (Å²) in [6, 6.07) is 0. The van der Waals surface area contributed by atoms with Crippen LogP contribution in [0.25, 0.3) is 0 Å². The maximum atomic E-state index is 13.2. The average molecular weight is 437 g/mol. The first kappa shape index (κ1) is 23.2. The maximum Gasteiger partial charge on any atom is 0.305 e. The molecular formula is C25H40O6. The standard InChI is InChI=1S/C25H40O6/c1-13(5-8-22(30)31-4)16-6-7-17-23-18(12-21(29)25(16,17)3)24(2)14(10-19(23)27)9-15(26)11-20(24)28/h13-19,21,23,26-27,29H,5-12H2,1-4H3/t13-,14+,15+,16-,17+,18+,19-,21+,23+,24+,25-/m1/s1. The number of methoxy groups -OCH3 is 1. The van der Waals surface area contributed by atoms with Gasteiger partial charge in [-0.1, -0.05) is 20.8 Å². The summed E-state index contributed by atoms with van der Waals surface area (Å²) < 4.78 is 4.81. The van der Waals surface area contributed by atoms with Crippen LogP contribution in [-0.2, 0) is 14.3 Å². The number of aliphatic hydroxyl groups excluding tert-OH is 3. The second-order valence-electron chi connectivity index (χ2n) is 11.5. The minimum atomic E-state index is -0.611. The number of esters is 1. The number of hydrogen-bond donors (Lipinski definition) is 3. The van der Waals surface area contributed by atoms with Gasteiger partial charge in [0.1, 0.15) is 5.78 Å². The van der Waals surface area contributed by atoms with Crippen LogP contribution in [0.5, 0.6) is 0 Å². The van der Waals surface area contributed by atoms with E-state index in [2.05, 4.69) is 13.8 Å². The lowest BCUT2D eigenvalue weighted by Crippen LogP contribution is -2.64. The van der Waals surface area contributed by atoms with Gasteiger partial charge in [-0.05, 0) is 79.4 Å². The molecule has 0 spiro atoms. The summed E-state index contributed by atoms with van der Waals surface area (Å²) >= 11 is 0. The van der Waals surface area contributed by atoms with Gasteiger partial charge in [-0.2, -0.15) is 0 Å². The largest absolute Gasteiger partial charge is 0.469 e. The second-order valence-corrected chi connectivity index (χ2v) is 11.5. The van der Waals surface area contributed by atoms with Crippen LogP contribution in [0.3, 0.4) is 0 Å². The van der Waals surface area contributed by atoms with E-state index < -0.39 is 23.7 Å². The molecule has 4 aliphatic rings. The topological polar surface area (TPSA) is 104 Å². The van der Waals surface area contributed by atoms with Crippen molar-refractivity contribution in [1.82, 2.24) is 0 Å². The van der Waals surface area contributed by atoms with Crippen LogP contribution in [0.1, 0.15) is 72.1 Å². The first-order valence-electron chi connectivity index (χ1n) is 12.2. The van der Waals surface area contributed by atoms with Crippen molar-refractivity contribution in [3.8, 4) is 0 Å². The lowest BCUT2D eigenvalue weighted by atomic mass is 9.42. The van der Waals surface area contributed by atoms with Crippen molar-refractivity contribution in [1.29, 1.82) is 0 Å². The molecule has 4 fully saturated rings. The highest BCUT2D eigenvalue weighted by atomic mass is 16.5. The third-order valence-electron chi connectivity index (χ3n) is 10.4. The summed E-state index contributed by atoms with van der Waals surface area (Å²) in [7, 11) is 1.41. The van der Waals surface area contributed by atoms with E-state index in [1.54, 1.807) is 0 Å². The first-order valence-corrected chi connectivity index (χ1v) is 12.2. The van der Waals surface area contributed by atoms with E-state index in [-0.39, 0.29) is 59.1 Å². The van der Waals surface area contributed by atoms with Crippen LogP contribution in [0, 0.1) is 46.3 Å². The van der Waals surface area contributed by atoms with Gasteiger partial charge in [-0.3, -0.25) is 9.59 Å². The highest BCUT2D eigenvalue weighted by Gasteiger charge is 2.67. The molecule has 4 saturated carbocycles. The third-order valence-corrected chi connectivity index (χ3v) is 10.4. The highest BCUT2D eigenvalue weighted by molar-refractivity contribution is 5.86. The van der Waals surface area contributed by atoms with Crippen molar-refractivity contribution in [3.05, 3.63) is 0 Å². The summed E-state index contributed by atoms with van der Waals surface area (Å²) in [5.74, 6) is 0.568. The van der Waals surface area contributed by atoms with E-state index in [4.69, 9.17) is 4.74 Å². The Morgan fingerprint density at radius 3 is 2.52 bits per heavy atom. The fourth-order valence-electron chi connectivity index (χ4n) is 8.63. The molecule has 0 saturated heterocycles. The molecule has 0 unspecified atom stereocenters.